The second kappa shape index (κ2) is 23.1. The lowest BCUT2D eigenvalue weighted by atomic mass is 9.93. The van der Waals surface area contributed by atoms with E-state index in [2.05, 4.69) is 22.5 Å². The van der Waals surface area contributed by atoms with Crippen molar-refractivity contribution in [2.24, 2.45) is 17.2 Å². The van der Waals surface area contributed by atoms with E-state index in [1.54, 1.807) is 73.7 Å². The van der Waals surface area contributed by atoms with Crippen LogP contribution in [0.1, 0.15) is 55.8 Å². The predicted octanol–water partition coefficient (Wildman–Crippen LogP) is 3.64. The van der Waals surface area contributed by atoms with Crippen molar-refractivity contribution in [2.45, 2.75) is 63.7 Å². The van der Waals surface area contributed by atoms with Gasteiger partial charge in [0.25, 0.3) is 0 Å². The number of ether oxygens (including phenoxy) is 2. The number of unbranched alkanes of at least 4 members (excludes halogenated alkanes) is 1. The molecule has 3 aromatic carbocycles. The van der Waals surface area contributed by atoms with Gasteiger partial charge in [-0.25, -0.2) is 4.79 Å². The summed E-state index contributed by atoms with van der Waals surface area (Å²) in [6, 6.07) is 12.2. The number of fused-ring (bicyclic) bond motifs is 5. The first kappa shape index (κ1) is 47.7. The number of carbonyl (C=O) groups excluding carboxylic acids is 4. The molecule has 0 aliphatic carbocycles. The number of halogens is 1. The topological polar surface area (TPSA) is 241 Å². The number of hydrogen-bond donors (Lipinski definition) is 7. The van der Waals surface area contributed by atoms with E-state index in [4.69, 9.17) is 38.3 Å². The fourth-order valence-electron chi connectivity index (χ4n) is 6.68. The highest BCUT2D eigenvalue weighted by Gasteiger charge is 2.36. The van der Waals surface area contributed by atoms with Crippen molar-refractivity contribution < 1.29 is 38.6 Å². The number of hydrogen-bond acceptors (Lipinski definition) is 10. The van der Waals surface area contributed by atoms with Crippen LogP contribution in [-0.2, 0) is 30.4 Å². The molecule has 0 saturated heterocycles. The number of aliphatic carboxylic acids is 1. The number of benzene rings is 3. The molecule has 10 N–H and O–H groups in total. The Morgan fingerprint density at radius 1 is 0.918 bits per heavy atom. The molecule has 15 nitrogen and oxygen atoms in total. The van der Waals surface area contributed by atoms with Crippen LogP contribution in [0.2, 0.25) is 5.02 Å². The molecule has 0 aromatic heterocycles. The second-order valence-corrected chi connectivity index (χ2v) is 15.0. The molecule has 16 heteroatoms. The number of nitrogens with one attached hydrogen (secondary N) is 3. The van der Waals surface area contributed by atoms with Gasteiger partial charge in [-0.15, -0.1) is 0 Å². The minimum atomic E-state index is -1.37. The third-order valence-corrected chi connectivity index (χ3v) is 10.3. The summed E-state index contributed by atoms with van der Waals surface area (Å²) in [4.78, 5) is 69.9. The van der Waals surface area contributed by atoms with E-state index in [1.807, 2.05) is 12.1 Å². The molecule has 0 fully saturated rings. The van der Waals surface area contributed by atoms with Crippen molar-refractivity contribution in [3.63, 3.8) is 0 Å². The van der Waals surface area contributed by atoms with Crippen LogP contribution >= 0.6 is 11.6 Å². The van der Waals surface area contributed by atoms with Gasteiger partial charge in [0.15, 0.2) is 0 Å². The Labute approximate surface area is 361 Å². The number of nitrogens with two attached hydrogens (primary N) is 3. The standard InChI is InChI=1S/C45H56ClN7O8/c1-5-30(31-12-15-33(46)16-13-31)11-9-27(2)41(54)51-36(8-6-7-19-47)44(57)53(4)40-32-14-18-39(61-23-21-49)35(26-32)34-24-29(10-17-38(34)60-22-20-48)25-37(45(58)59)52-42(55)28(3)50-43(40)56/h5,9-18,24,26,28,36-37,40H,1,6-8,19-23,25,47-49H2,2-4H3,(H,50,56)(H,51,54)(H,52,55)(H,58,59)/b27-9+,30-11+/t28-,36-,37-,40-/m0/s1. The lowest BCUT2D eigenvalue weighted by Crippen LogP contribution is -2.54. The first-order chi connectivity index (χ1) is 29.2. The molecule has 1 aliphatic rings. The highest BCUT2D eigenvalue weighted by atomic mass is 35.5. The summed E-state index contributed by atoms with van der Waals surface area (Å²) in [5, 5.41) is 18.7. The zero-order valence-electron chi connectivity index (χ0n) is 34.7. The van der Waals surface area contributed by atoms with E-state index >= 15 is 0 Å². The minimum Gasteiger partial charge on any atom is -0.492 e. The zero-order valence-corrected chi connectivity index (χ0v) is 35.5. The van der Waals surface area contributed by atoms with E-state index in [0.29, 0.717) is 63.7 Å². The maximum atomic E-state index is 14.7. The Bertz CT molecular complexity index is 2120. The van der Waals surface area contributed by atoms with Crippen LogP contribution in [0, 0.1) is 0 Å². The van der Waals surface area contributed by atoms with Gasteiger partial charge in [0.1, 0.15) is 48.9 Å². The zero-order chi connectivity index (χ0) is 44.6. The first-order valence-corrected chi connectivity index (χ1v) is 20.4. The van der Waals surface area contributed by atoms with Gasteiger partial charge < -0.3 is 52.6 Å². The van der Waals surface area contributed by atoms with E-state index in [0.717, 1.165) is 11.1 Å². The quantitative estimate of drug-likeness (QED) is 0.0554. The average molecular weight is 858 g/mol. The first-order valence-electron chi connectivity index (χ1n) is 20.0. The fraction of sp³-hybridized carbons (Fsp3) is 0.356. The molecular formula is C45H56ClN7O8. The van der Waals surface area contributed by atoms with Crippen LogP contribution in [-0.4, -0.2) is 97.6 Å². The van der Waals surface area contributed by atoms with E-state index in [-0.39, 0.29) is 39.1 Å². The van der Waals surface area contributed by atoms with Crippen molar-refractivity contribution >= 4 is 46.8 Å². The number of allylic oxidation sites excluding steroid dienone is 4. The normalized spacial score (nSPS) is 17.5. The van der Waals surface area contributed by atoms with Gasteiger partial charge in [-0.2, -0.15) is 0 Å². The molecule has 0 radical (unpaired) electrons. The molecule has 4 rings (SSSR count). The lowest BCUT2D eigenvalue weighted by Gasteiger charge is -2.32. The Kier molecular flexibility index (Phi) is 18.1. The molecular weight excluding hydrogens is 802 g/mol. The molecule has 4 atom stereocenters. The predicted molar refractivity (Wildman–Crippen MR) is 236 cm³/mol. The van der Waals surface area contributed by atoms with Gasteiger partial charge in [0.05, 0.1) is 0 Å². The summed E-state index contributed by atoms with van der Waals surface area (Å²) in [6.45, 7) is 7.96. The van der Waals surface area contributed by atoms with Crippen LogP contribution in [0.15, 0.2) is 91.0 Å². The summed E-state index contributed by atoms with van der Waals surface area (Å²) < 4.78 is 12.1. The van der Waals surface area contributed by atoms with Crippen molar-refractivity contribution in [1.82, 2.24) is 20.9 Å². The smallest absolute Gasteiger partial charge is 0.326 e. The number of amides is 4. The van der Waals surface area contributed by atoms with Crippen molar-refractivity contribution in [1.29, 1.82) is 0 Å². The Morgan fingerprint density at radius 3 is 2.16 bits per heavy atom. The largest absolute Gasteiger partial charge is 0.492 e. The molecule has 0 spiro atoms. The van der Waals surface area contributed by atoms with Crippen molar-refractivity contribution in [3.05, 3.63) is 113 Å². The molecule has 1 aliphatic heterocycles. The third kappa shape index (κ3) is 13.0. The number of carboxylic acids is 1. The highest BCUT2D eigenvalue weighted by molar-refractivity contribution is 6.30. The molecule has 61 heavy (non-hydrogen) atoms. The van der Waals surface area contributed by atoms with Gasteiger partial charge in [-0.1, -0.05) is 60.7 Å². The molecule has 4 amide bonds. The van der Waals surface area contributed by atoms with Crippen LogP contribution < -0.4 is 42.6 Å². The number of carbonyl (C=O) groups is 5. The summed E-state index contributed by atoms with van der Waals surface area (Å²) in [5.74, 6) is -3.13. The van der Waals surface area contributed by atoms with Crippen LogP contribution in [0.3, 0.4) is 0 Å². The third-order valence-electron chi connectivity index (χ3n) is 10.0. The van der Waals surface area contributed by atoms with Crippen LogP contribution in [0.4, 0.5) is 0 Å². The van der Waals surface area contributed by atoms with Gasteiger partial charge in [0, 0.05) is 48.3 Å². The molecule has 3 aromatic rings. The van der Waals surface area contributed by atoms with Crippen molar-refractivity contribution in [2.75, 3.05) is 39.9 Å². The number of rotatable bonds is 18. The van der Waals surface area contributed by atoms with E-state index in [9.17, 15) is 29.1 Å². The molecule has 0 unspecified atom stereocenters. The molecule has 0 saturated carbocycles. The Hall–Kier alpha value is -6.00. The monoisotopic (exact) mass is 857 g/mol. The summed E-state index contributed by atoms with van der Waals surface area (Å²) >= 11 is 6.06. The van der Waals surface area contributed by atoms with Gasteiger partial charge in [-0.3, -0.25) is 19.2 Å². The highest BCUT2D eigenvalue weighted by Crippen LogP contribution is 2.40. The van der Waals surface area contributed by atoms with Gasteiger partial charge in [0.2, 0.25) is 23.6 Å². The Morgan fingerprint density at radius 2 is 1.56 bits per heavy atom. The number of nitrogens with zero attached hydrogens (tertiary/aromatic N) is 1. The van der Waals surface area contributed by atoms with Gasteiger partial charge >= 0.3 is 5.97 Å². The summed E-state index contributed by atoms with van der Waals surface area (Å²) in [5.41, 5.74) is 21.1. The maximum absolute atomic E-state index is 14.7. The van der Waals surface area contributed by atoms with E-state index < -0.39 is 53.8 Å². The summed E-state index contributed by atoms with van der Waals surface area (Å²) in [7, 11) is 1.44. The SMILES string of the molecule is C=C/C(=C\C=C(/C)C(=O)N[C@@H](CCCCN)C(=O)N(C)[C@@H]1C(=O)N[C@@H](C)C(=O)N[C@H](C(=O)O)Cc2ccc(OCCN)c(c2)-c2cc1ccc2OCCN)c1ccc(Cl)cc1. The summed E-state index contributed by atoms with van der Waals surface area (Å²) in [6.07, 6.45) is 6.17. The fourth-order valence-corrected chi connectivity index (χ4v) is 6.81. The van der Waals surface area contributed by atoms with Gasteiger partial charge in [-0.05, 0) is 98.3 Å². The van der Waals surface area contributed by atoms with Crippen LogP contribution in [0.5, 0.6) is 11.5 Å². The Balaban J connectivity index is 1.83. The maximum Gasteiger partial charge on any atom is 0.326 e. The molecule has 4 bridgehead atoms. The number of likely N-dealkylation sites (N-methyl/N-ethyl adjacent to an activating group) is 1. The molecule has 1 heterocycles. The second-order valence-electron chi connectivity index (χ2n) is 14.5. The number of carboxylic acid groups (broad SMARTS) is 1. The average Bonchev–Trinajstić information content (AvgIpc) is 3.24. The molecule has 326 valence electrons. The lowest BCUT2D eigenvalue weighted by molar-refractivity contribution is -0.143. The van der Waals surface area contributed by atoms with Crippen LogP contribution in [0.25, 0.3) is 16.7 Å². The van der Waals surface area contributed by atoms with E-state index in [1.165, 1.54) is 18.9 Å². The minimum absolute atomic E-state index is 0.0928. The van der Waals surface area contributed by atoms with Crippen molar-refractivity contribution in [3.8, 4) is 22.6 Å².